The molecule has 2 fully saturated rings. The van der Waals surface area contributed by atoms with E-state index in [1.807, 2.05) is 0 Å². The first kappa shape index (κ1) is 10.0. The Kier molecular flexibility index (Phi) is 2.52. The second-order valence-corrected chi connectivity index (χ2v) is 4.89. The van der Waals surface area contributed by atoms with Crippen LogP contribution in [0.1, 0.15) is 25.0 Å². The highest BCUT2D eigenvalue weighted by atomic mass is 15.2. The Labute approximate surface area is 95.9 Å². The van der Waals surface area contributed by atoms with Crippen molar-refractivity contribution in [1.82, 2.24) is 9.97 Å². The molecule has 4 nitrogen and oxygen atoms in total. The lowest BCUT2D eigenvalue weighted by molar-refractivity contribution is 0.494. The van der Waals surface area contributed by atoms with E-state index in [0.717, 1.165) is 36.4 Å². The minimum atomic E-state index is 0.481. The third-order valence-electron chi connectivity index (χ3n) is 3.97. The molecule has 16 heavy (non-hydrogen) atoms. The summed E-state index contributed by atoms with van der Waals surface area (Å²) < 4.78 is 0. The van der Waals surface area contributed by atoms with E-state index in [0.29, 0.717) is 6.54 Å². The third kappa shape index (κ3) is 1.57. The van der Waals surface area contributed by atoms with E-state index in [2.05, 4.69) is 14.9 Å². The van der Waals surface area contributed by atoms with E-state index in [1.165, 1.54) is 19.3 Å². The van der Waals surface area contributed by atoms with Crippen molar-refractivity contribution in [3.05, 3.63) is 18.1 Å². The Balaban J connectivity index is 1.83. The molecule has 1 aliphatic heterocycles. The molecule has 0 radical (unpaired) electrons. The third-order valence-corrected chi connectivity index (χ3v) is 3.97. The molecule has 2 unspecified atom stereocenters. The molecule has 1 aromatic rings. The molecular weight excluding hydrogens is 200 g/mol. The first-order valence-electron chi connectivity index (χ1n) is 6.13. The molecule has 2 N–H and O–H groups in total. The summed E-state index contributed by atoms with van der Waals surface area (Å²) in [6, 6.07) is 0. The molecule has 1 aromatic heterocycles. The highest BCUT2D eigenvalue weighted by Crippen LogP contribution is 2.39. The zero-order valence-electron chi connectivity index (χ0n) is 9.47. The van der Waals surface area contributed by atoms with E-state index in [9.17, 15) is 0 Å². The zero-order chi connectivity index (χ0) is 11.0. The highest BCUT2D eigenvalue weighted by molar-refractivity contribution is 5.44. The molecule has 1 saturated heterocycles. The lowest BCUT2D eigenvalue weighted by atomic mass is 10.0. The topological polar surface area (TPSA) is 55.0 Å². The predicted molar refractivity (Wildman–Crippen MR) is 63.0 cm³/mol. The van der Waals surface area contributed by atoms with Gasteiger partial charge in [-0.15, -0.1) is 0 Å². The van der Waals surface area contributed by atoms with Gasteiger partial charge in [0.2, 0.25) is 0 Å². The molecule has 2 aliphatic rings. The zero-order valence-corrected chi connectivity index (χ0v) is 9.47. The summed E-state index contributed by atoms with van der Waals surface area (Å²) in [6.45, 7) is 2.78. The summed E-state index contributed by atoms with van der Waals surface area (Å²) in [5.74, 6) is 2.78. The fourth-order valence-corrected chi connectivity index (χ4v) is 3.18. The highest BCUT2D eigenvalue weighted by Gasteiger charge is 2.37. The summed E-state index contributed by atoms with van der Waals surface area (Å²) in [4.78, 5) is 11.1. The molecule has 0 spiro atoms. The number of anilines is 1. The first-order valence-corrected chi connectivity index (χ1v) is 6.13. The standard InChI is InChI=1S/C12H18N4/c13-6-11-12(15-5-4-14-11)16-7-9-2-1-3-10(9)8-16/h4-5,9-10H,1-3,6-8,13H2. The van der Waals surface area contributed by atoms with Gasteiger partial charge in [-0.1, -0.05) is 6.42 Å². The van der Waals surface area contributed by atoms with Gasteiger partial charge in [-0.3, -0.25) is 4.98 Å². The van der Waals surface area contributed by atoms with Crippen LogP contribution in [0.15, 0.2) is 12.4 Å². The molecule has 1 saturated carbocycles. The second-order valence-electron chi connectivity index (χ2n) is 4.89. The summed E-state index contributed by atoms with van der Waals surface area (Å²) in [6.07, 6.45) is 7.68. The molecule has 1 aliphatic carbocycles. The van der Waals surface area contributed by atoms with Crippen LogP contribution in [-0.2, 0) is 6.54 Å². The Hall–Kier alpha value is -1.16. The molecule has 4 heteroatoms. The molecule has 3 rings (SSSR count). The summed E-state index contributed by atoms with van der Waals surface area (Å²) in [7, 11) is 0. The van der Waals surface area contributed by atoms with Crippen molar-refractivity contribution in [2.75, 3.05) is 18.0 Å². The van der Waals surface area contributed by atoms with Gasteiger partial charge in [-0.25, -0.2) is 4.98 Å². The fraction of sp³-hybridized carbons (Fsp3) is 0.667. The van der Waals surface area contributed by atoms with E-state index >= 15 is 0 Å². The molecule has 86 valence electrons. The predicted octanol–water partition coefficient (Wildman–Crippen LogP) is 1.17. The second kappa shape index (κ2) is 4.01. The van der Waals surface area contributed by atoms with Crippen LogP contribution in [0.4, 0.5) is 5.82 Å². The lowest BCUT2D eigenvalue weighted by Gasteiger charge is -2.20. The van der Waals surface area contributed by atoms with E-state index in [-0.39, 0.29) is 0 Å². The van der Waals surface area contributed by atoms with Crippen LogP contribution in [0.3, 0.4) is 0 Å². The van der Waals surface area contributed by atoms with Gasteiger partial charge in [0, 0.05) is 32.0 Å². The summed E-state index contributed by atoms with van der Waals surface area (Å²) >= 11 is 0. The van der Waals surface area contributed by atoms with Crippen molar-refractivity contribution >= 4 is 5.82 Å². The molecule has 2 atom stereocenters. The number of hydrogen-bond acceptors (Lipinski definition) is 4. The maximum atomic E-state index is 5.70. The summed E-state index contributed by atoms with van der Waals surface area (Å²) in [5.41, 5.74) is 6.64. The van der Waals surface area contributed by atoms with Crippen molar-refractivity contribution in [3.8, 4) is 0 Å². The molecule has 2 heterocycles. The van der Waals surface area contributed by atoms with E-state index in [1.54, 1.807) is 12.4 Å². The van der Waals surface area contributed by atoms with Gasteiger partial charge in [0.1, 0.15) is 0 Å². The number of nitrogens with two attached hydrogens (primary N) is 1. The van der Waals surface area contributed by atoms with E-state index < -0.39 is 0 Å². The maximum absolute atomic E-state index is 5.70. The van der Waals surface area contributed by atoms with Gasteiger partial charge in [-0.2, -0.15) is 0 Å². The van der Waals surface area contributed by atoms with Crippen LogP contribution in [0, 0.1) is 11.8 Å². The van der Waals surface area contributed by atoms with Crippen LogP contribution < -0.4 is 10.6 Å². The summed E-state index contributed by atoms with van der Waals surface area (Å²) in [5, 5.41) is 0. The van der Waals surface area contributed by atoms with Crippen LogP contribution in [0.25, 0.3) is 0 Å². The maximum Gasteiger partial charge on any atom is 0.151 e. The Bertz CT molecular complexity index is 367. The van der Waals surface area contributed by atoms with Gasteiger partial charge in [0.25, 0.3) is 0 Å². The molecule has 0 aromatic carbocycles. The number of fused-ring (bicyclic) bond motifs is 1. The minimum Gasteiger partial charge on any atom is -0.354 e. The number of rotatable bonds is 2. The number of hydrogen-bond donors (Lipinski definition) is 1. The average molecular weight is 218 g/mol. The monoisotopic (exact) mass is 218 g/mol. The Morgan fingerprint density at radius 1 is 1.19 bits per heavy atom. The van der Waals surface area contributed by atoms with Gasteiger partial charge in [0.05, 0.1) is 5.69 Å². The van der Waals surface area contributed by atoms with Crippen LogP contribution in [-0.4, -0.2) is 23.1 Å². The molecule has 0 bridgehead atoms. The van der Waals surface area contributed by atoms with Crippen molar-refractivity contribution in [3.63, 3.8) is 0 Å². The van der Waals surface area contributed by atoms with Crippen molar-refractivity contribution in [1.29, 1.82) is 0 Å². The number of nitrogens with zero attached hydrogens (tertiary/aromatic N) is 3. The minimum absolute atomic E-state index is 0.481. The Morgan fingerprint density at radius 2 is 1.88 bits per heavy atom. The SMILES string of the molecule is NCc1nccnc1N1CC2CCCC2C1. The van der Waals surface area contributed by atoms with Gasteiger partial charge >= 0.3 is 0 Å². The van der Waals surface area contributed by atoms with Gasteiger partial charge in [0.15, 0.2) is 5.82 Å². The fourth-order valence-electron chi connectivity index (χ4n) is 3.18. The van der Waals surface area contributed by atoms with Gasteiger partial charge in [-0.05, 0) is 24.7 Å². The van der Waals surface area contributed by atoms with Crippen molar-refractivity contribution in [2.45, 2.75) is 25.8 Å². The van der Waals surface area contributed by atoms with Crippen molar-refractivity contribution in [2.24, 2.45) is 17.6 Å². The average Bonchev–Trinajstić information content (AvgIpc) is 2.89. The van der Waals surface area contributed by atoms with Crippen LogP contribution in [0.5, 0.6) is 0 Å². The first-order chi connectivity index (χ1) is 7.88. The van der Waals surface area contributed by atoms with Crippen LogP contribution in [0.2, 0.25) is 0 Å². The lowest BCUT2D eigenvalue weighted by Crippen LogP contribution is -2.24. The largest absolute Gasteiger partial charge is 0.354 e. The van der Waals surface area contributed by atoms with Gasteiger partial charge < -0.3 is 10.6 Å². The quantitative estimate of drug-likeness (QED) is 0.809. The number of aromatic nitrogens is 2. The van der Waals surface area contributed by atoms with Crippen LogP contribution >= 0.6 is 0 Å². The smallest absolute Gasteiger partial charge is 0.151 e. The normalized spacial score (nSPS) is 28.4. The molecular formula is C12H18N4. The molecule has 0 amide bonds. The van der Waals surface area contributed by atoms with E-state index in [4.69, 9.17) is 5.73 Å². The Morgan fingerprint density at radius 3 is 2.56 bits per heavy atom. The van der Waals surface area contributed by atoms with Crippen molar-refractivity contribution < 1.29 is 0 Å².